The third-order valence-electron chi connectivity index (χ3n) is 2.46. The van der Waals surface area contributed by atoms with Gasteiger partial charge in [0.25, 0.3) is 0 Å². The van der Waals surface area contributed by atoms with Crippen LogP contribution in [0.1, 0.15) is 20.8 Å². The minimum atomic E-state index is -0.479. The molecule has 1 aromatic carbocycles. The first-order chi connectivity index (χ1) is 9.19. The van der Waals surface area contributed by atoms with Crippen molar-refractivity contribution < 1.29 is 9.66 Å². The van der Waals surface area contributed by atoms with Gasteiger partial charge >= 0.3 is 5.69 Å². The van der Waals surface area contributed by atoms with Gasteiger partial charge in [0.15, 0.2) is 5.75 Å². The lowest BCUT2D eigenvalue weighted by atomic mass is 10.2. The molecule has 0 unspecified atom stereocenters. The maximum atomic E-state index is 11.0. The fourth-order valence-electron chi connectivity index (χ4n) is 1.61. The lowest BCUT2D eigenvalue weighted by molar-refractivity contribution is -0.386. The molecular formula is C14H23N3O3. The van der Waals surface area contributed by atoms with Crippen molar-refractivity contribution in [2.24, 2.45) is 0 Å². The molecule has 20 heavy (non-hydrogen) atoms. The Balaban J connectivity index is 2.90. The van der Waals surface area contributed by atoms with Gasteiger partial charge in [0, 0.05) is 30.9 Å². The van der Waals surface area contributed by atoms with Crippen LogP contribution in [-0.2, 0) is 0 Å². The van der Waals surface area contributed by atoms with Gasteiger partial charge < -0.3 is 15.0 Å². The molecule has 0 saturated heterocycles. The van der Waals surface area contributed by atoms with E-state index in [0.717, 1.165) is 18.8 Å². The highest BCUT2D eigenvalue weighted by atomic mass is 16.6. The summed E-state index contributed by atoms with van der Waals surface area (Å²) in [5, 5.41) is 14.2. The molecule has 0 amide bonds. The van der Waals surface area contributed by atoms with Crippen LogP contribution < -0.4 is 10.1 Å². The monoisotopic (exact) mass is 281 g/mol. The van der Waals surface area contributed by atoms with Gasteiger partial charge in [-0.25, -0.2) is 0 Å². The van der Waals surface area contributed by atoms with E-state index in [0.29, 0.717) is 0 Å². The lowest BCUT2D eigenvalue weighted by Crippen LogP contribution is -2.24. The number of ether oxygens (including phenoxy) is 1. The zero-order valence-electron chi connectivity index (χ0n) is 12.8. The smallest absolute Gasteiger partial charge is 0.311 e. The van der Waals surface area contributed by atoms with Gasteiger partial charge in [-0.2, -0.15) is 0 Å². The standard InChI is InChI=1S/C14H23N3O3/c1-14(2,3)20-13-10-11(15-8-9-16(4)5)6-7-12(13)17(18)19/h6-7,10,15H,8-9H2,1-5H3. The molecule has 0 bridgehead atoms. The minimum absolute atomic E-state index is 0.0157. The van der Waals surface area contributed by atoms with Crippen molar-refractivity contribution in [1.82, 2.24) is 4.90 Å². The van der Waals surface area contributed by atoms with Crippen LogP contribution in [0.2, 0.25) is 0 Å². The number of anilines is 1. The number of nitro benzene ring substituents is 1. The molecule has 0 aliphatic rings. The first-order valence-corrected chi connectivity index (χ1v) is 6.55. The largest absolute Gasteiger partial charge is 0.481 e. The second kappa shape index (κ2) is 6.56. The van der Waals surface area contributed by atoms with Crippen molar-refractivity contribution in [3.8, 4) is 5.75 Å². The Bertz CT molecular complexity index is 467. The molecule has 1 N–H and O–H groups in total. The molecule has 6 heteroatoms. The van der Waals surface area contributed by atoms with Gasteiger partial charge in [-0.05, 0) is 40.9 Å². The number of hydrogen-bond acceptors (Lipinski definition) is 5. The van der Waals surface area contributed by atoms with Crippen LogP contribution in [-0.4, -0.2) is 42.6 Å². The predicted molar refractivity (Wildman–Crippen MR) is 80.5 cm³/mol. The molecule has 0 aromatic heterocycles. The van der Waals surface area contributed by atoms with Crippen LogP contribution in [0.3, 0.4) is 0 Å². The second-order valence-corrected chi connectivity index (χ2v) is 5.88. The Morgan fingerprint density at radius 3 is 2.50 bits per heavy atom. The number of nitro groups is 1. The Morgan fingerprint density at radius 1 is 1.35 bits per heavy atom. The minimum Gasteiger partial charge on any atom is -0.481 e. The maximum absolute atomic E-state index is 11.0. The maximum Gasteiger partial charge on any atom is 0.311 e. The van der Waals surface area contributed by atoms with E-state index < -0.39 is 10.5 Å². The van der Waals surface area contributed by atoms with Gasteiger partial charge in [-0.15, -0.1) is 0 Å². The summed E-state index contributed by atoms with van der Waals surface area (Å²) in [4.78, 5) is 12.7. The van der Waals surface area contributed by atoms with E-state index in [1.54, 1.807) is 12.1 Å². The highest BCUT2D eigenvalue weighted by Gasteiger charge is 2.21. The van der Waals surface area contributed by atoms with Crippen LogP contribution in [0.5, 0.6) is 5.75 Å². The second-order valence-electron chi connectivity index (χ2n) is 5.88. The van der Waals surface area contributed by atoms with Gasteiger partial charge in [0.1, 0.15) is 5.60 Å². The quantitative estimate of drug-likeness (QED) is 0.641. The molecule has 0 spiro atoms. The van der Waals surface area contributed by atoms with E-state index >= 15 is 0 Å². The molecule has 0 aliphatic heterocycles. The van der Waals surface area contributed by atoms with Crippen LogP contribution in [0, 0.1) is 10.1 Å². The molecule has 1 aromatic rings. The van der Waals surface area contributed by atoms with Gasteiger partial charge in [-0.1, -0.05) is 0 Å². The Kier molecular flexibility index (Phi) is 5.33. The van der Waals surface area contributed by atoms with Crippen LogP contribution in [0.25, 0.3) is 0 Å². The number of rotatable bonds is 6. The Hall–Kier alpha value is -1.82. The van der Waals surface area contributed by atoms with Crippen molar-refractivity contribution in [2.45, 2.75) is 26.4 Å². The summed E-state index contributed by atoms with van der Waals surface area (Å²) >= 11 is 0. The number of hydrogen-bond donors (Lipinski definition) is 1. The Labute approximate surface area is 119 Å². The molecule has 6 nitrogen and oxygen atoms in total. The SMILES string of the molecule is CN(C)CCNc1ccc([N+](=O)[O-])c(OC(C)(C)C)c1. The molecule has 0 atom stereocenters. The molecule has 0 fully saturated rings. The van der Waals surface area contributed by atoms with E-state index in [2.05, 4.69) is 10.2 Å². The van der Waals surface area contributed by atoms with Crippen molar-refractivity contribution in [2.75, 3.05) is 32.5 Å². The first-order valence-electron chi connectivity index (χ1n) is 6.55. The molecular weight excluding hydrogens is 258 g/mol. The van der Waals surface area contributed by atoms with E-state index in [9.17, 15) is 10.1 Å². The number of likely N-dealkylation sites (N-methyl/N-ethyl adjacent to an activating group) is 1. The first kappa shape index (κ1) is 16.2. The molecule has 0 aliphatic carbocycles. The summed E-state index contributed by atoms with van der Waals surface area (Å²) in [5.74, 6) is 0.289. The Morgan fingerprint density at radius 2 is 2.00 bits per heavy atom. The number of benzene rings is 1. The highest BCUT2D eigenvalue weighted by molar-refractivity contribution is 5.58. The van der Waals surface area contributed by atoms with Crippen LogP contribution in [0.15, 0.2) is 18.2 Å². The average molecular weight is 281 g/mol. The average Bonchev–Trinajstić information content (AvgIpc) is 2.25. The number of nitrogens with zero attached hydrogens (tertiary/aromatic N) is 2. The van der Waals surface area contributed by atoms with Gasteiger partial charge in [0.2, 0.25) is 0 Å². The summed E-state index contributed by atoms with van der Waals surface area (Å²) < 4.78 is 5.67. The summed E-state index contributed by atoms with van der Waals surface area (Å²) in [6.45, 7) is 7.24. The van der Waals surface area contributed by atoms with Crippen molar-refractivity contribution in [1.29, 1.82) is 0 Å². The van der Waals surface area contributed by atoms with Crippen molar-refractivity contribution in [3.05, 3.63) is 28.3 Å². The number of nitrogens with one attached hydrogen (secondary N) is 1. The molecule has 0 heterocycles. The highest BCUT2D eigenvalue weighted by Crippen LogP contribution is 2.32. The summed E-state index contributed by atoms with van der Waals surface area (Å²) in [6.07, 6.45) is 0. The summed E-state index contributed by atoms with van der Waals surface area (Å²) in [5.41, 5.74) is 0.322. The zero-order valence-corrected chi connectivity index (χ0v) is 12.8. The predicted octanol–water partition coefficient (Wildman–Crippen LogP) is 2.75. The van der Waals surface area contributed by atoms with Crippen molar-refractivity contribution in [3.63, 3.8) is 0 Å². The van der Waals surface area contributed by atoms with Crippen molar-refractivity contribution >= 4 is 11.4 Å². The lowest BCUT2D eigenvalue weighted by Gasteiger charge is -2.21. The molecule has 1 rings (SSSR count). The van der Waals surface area contributed by atoms with Crippen LogP contribution in [0.4, 0.5) is 11.4 Å². The van der Waals surface area contributed by atoms with Crippen LogP contribution >= 0.6 is 0 Å². The molecule has 0 saturated carbocycles. The van der Waals surface area contributed by atoms with E-state index in [1.807, 2.05) is 34.9 Å². The van der Waals surface area contributed by atoms with E-state index in [4.69, 9.17) is 4.74 Å². The molecule has 0 radical (unpaired) electrons. The fraction of sp³-hybridized carbons (Fsp3) is 0.571. The molecule has 112 valence electrons. The van der Waals surface area contributed by atoms with E-state index in [1.165, 1.54) is 6.07 Å². The fourth-order valence-corrected chi connectivity index (χ4v) is 1.61. The summed E-state index contributed by atoms with van der Waals surface area (Å²) in [7, 11) is 3.98. The van der Waals surface area contributed by atoms with E-state index in [-0.39, 0.29) is 11.4 Å². The third kappa shape index (κ3) is 5.44. The normalized spacial score (nSPS) is 11.5. The van der Waals surface area contributed by atoms with Gasteiger partial charge in [0.05, 0.1) is 4.92 Å². The summed E-state index contributed by atoms with van der Waals surface area (Å²) in [6, 6.07) is 4.85. The third-order valence-corrected chi connectivity index (χ3v) is 2.46. The topological polar surface area (TPSA) is 67.6 Å². The van der Waals surface area contributed by atoms with Gasteiger partial charge in [-0.3, -0.25) is 10.1 Å². The zero-order chi connectivity index (χ0) is 15.3.